The maximum Gasteiger partial charge on any atom is 0.287 e. The lowest BCUT2D eigenvalue weighted by atomic mass is 10.2. The predicted molar refractivity (Wildman–Crippen MR) is 105 cm³/mol. The average Bonchev–Trinajstić information content (AvgIpc) is 2.72. The molecule has 0 radical (unpaired) electrons. The van der Waals surface area contributed by atoms with E-state index < -0.39 is 10.8 Å². The molecule has 0 saturated heterocycles. The Bertz CT molecular complexity index is 1090. The molecule has 3 aromatic rings. The molecule has 3 rings (SSSR count). The van der Waals surface area contributed by atoms with Crippen molar-refractivity contribution in [1.82, 2.24) is 15.4 Å². The number of hydrogen-bond donors (Lipinski definition) is 2. The summed E-state index contributed by atoms with van der Waals surface area (Å²) in [6.45, 7) is 1.51. The predicted octanol–water partition coefficient (Wildman–Crippen LogP) is 2.48. The van der Waals surface area contributed by atoms with Crippen LogP contribution in [0.3, 0.4) is 0 Å². The Morgan fingerprint density at radius 1 is 1.18 bits per heavy atom. The normalized spacial score (nSPS) is 11.5. The maximum atomic E-state index is 12.1. The number of benzene rings is 2. The highest BCUT2D eigenvalue weighted by molar-refractivity contribution is 6.38. The fourth-order valence-corrected chi connectivity index (χ4v) is 2.25. The summed E-state index contributed by atoms with van der Waals surface area (Å²) in [7, 11) is 0. The Morgan fingerprint density at radius 2 is 2.00 bits per heavy atom. The van der Waals surface area contributed by atoms with Gasteiger partial charge in [-0.2, -0.15) is 10.2 Å². The summed E-state index contributed by atoms with van der Waals surface area (Å²) in [5.41, 5.74) is 6.35. The number of nitrogens with one attached hydrogen (secondary N) is 2. The first-order chi connectivity index (χ1) is 13.5. The fourth-order valence-electron chi connectivity index (χ4n) is 2.25. The van der Waals surface area contributed by atoms with E-state index in [1.807, 2.05) is 24.3 Å². The van der Waals surface area contributed by atoms with Gasteiger partial charge in [0.25, 0.3) is 11.6 Å². The van der Waals surface area contributed by atoms with E-state index in [2.05, 4.69) is 31.0 Å². The number of anilines is 1. The SMILES string of the molecule is CC(=NNc1ncnc2ccccc12)C(=O)NN=Cc1cccc([N+](=O)[O-])c1. The second-order valence-electron chi connectivity index (χ2n) is 5.60. The van der Waals surface area contributed by atoms with Gasteiger partial charge in [0.2, 0.25) is 0 Å². The zero-order valence-corrected chi connectivity index (χ0v) is 14.7. The number of para-hydroxylation sites is 1. The van der Waals surface area contributed by atoms with Crippen LogP contribution in [-0.2, 0) is 4.79 Å². The number of non-ortho nitro benzene ring substituents is 1. The Morgan fingerprint density at radius 3 is 2.82 bits per heavy atom. The lowest BCUT2D eigenvalue weighted by Gasteiger charge is -2.04. The molecule has 0 bridgehead atoms. The van der Waals surface area contributed by atoms with E-state index in [0.717, 1.165) is 10.9 Å². The first-order valence-electron chi connectivity index (χ1n) is 8.12. The topological polar surface area (TPSA) is 135 Å². The van der Waals surface area contributed by atoms with Crippen molar-refractivity contribution < 1.29 is 9.72 Å². The first-order valence-corrected chi connectivity index (χ1v) is 8.12. The van der Waals surface area contributed by atoms with Crippen molar-refractivity contribution >= 4 is 40.2 Å². The molecule has 0 unspecified atom stereocenters. The molecule has 10 nitrogen and oxygen atoms in total. The van der Waals surface area contributed by atoms with Crippen molar-refractivity contribution in [3.8, 4) is 0 Å². The second-order valence-corrected chi connectivity index (χ2v) is 5.60. The quantitative estimate of drug-likeness (QED) is 0.385. The van der Waals surface area contributed by atoms with Crippen molar-refractivity contribution in [3.63, 3.8) is 0 Å². The number of aromatic nitrogens is 2. The van der Waals surface area contributed by atoms with Crippen LogP contribution in [0.15, 0.2) is 65.1 Å². The summed E-state index contributed by atoms with van der Waals surface area (Å²) in [4.78, 5) is 30.6. The summed E-state index contributed by atoms with van der Waals surface area (Å²) in [5.74, 6) is -0.0645. The molecule has 0 saturated carbocycles. The van der Waals surface area contributed by atoms with E-state index in [0.29, 0.717) is 11.4 Å². The van der Waals surface area contributed by atoms with Gasteiger partial charge in [0.1, 0.15) is 12.0 Å². The molecule has 2 N–H and O–H groups in total. The van der Waals surface area contributed by atoms with Crippen molar-refractivity contribution in [1.29, 1.82) is 0 Å². The number of hydrogen-bond acceptors (Lipinski definition) is 8. The van der Waals surface area contributed by atoms with Crippen molar-refractivity contribution in [2.75, 3.05) is 5.43 Å². The highest BCUT2D eigenvalue weighted by Gasteiger charge is 2.07. The van der Waals surface area contributed by atoms with Gasteiger partial charge in [-0.05, 0) is 19.1 Å². The molecule has 0 aliphatic carbocycles. The molecule has 10 heteroatoms. The van der Waals surface area contributed by atoms with Crippen LogP contribution in [0.5, 0.6) is 0 Å². The van der Waals surface area contributed by atoms with E-state index in [-0.39, 0.29) is 11.4 Å². The third-order valence-electron chi connectivity index (χ3n) is 3.66. The van der Waals surface area contributed by atoms with E-state index >= 15 is 0 Å². The van der Waals surface area contributed by atoms with Crippen molar-refractivity contribution in [3.05, 3.63) is 70.5 Å². The number of carbonyl (C=O) groups is 1. The van der Waals surface area contributed by atoms with Gasteiger partial charge < -0.3 is 0 Å². The van der Waals surface area contributed by atoms with Gasteiger partial charge in [-0.25, -0.2) is 15.4 Å². The molecule has 1 aromatic heterocycles. The fraction of sp³-hybridized carbons (Fsp3) is 0.0556. The van der Waals surface area contributed by atoms with Crippen LogP contribution in [0.25, 0.3) is 10.9 Å². The van der Waals surface area contributed by atoms with Gasteiger partial charge in [0.15, 0.2) is 5.82 Å². The largest absolute Gasteiger partial charge is 0.287 e. The molecule has 0 aliphatic heterocycles. The third kappa shape index (κ3) is 4.49. The molecule has 2 aromatic carbocycles. The Balaban J connectivity index is 1.64. The molecule has 140 valence electrons. The zero-order valence-electron chi connectivity index (χ0n) is 14.7. The first kappa shape index (κ1) is 18.6. The van der Waals surface area contributed by atoms with Gasteiger partial charge >= 0.3 is 0 Å². The smallest absolute Gasteiger partial charge is 0.266 e. The van der Waals surface area contributed by atoms with Crippen molar-refractivity contribution in [2.24, 2.45) is 10.2 Å². The number of fused-ring (bicyclic) bond motifs is 1. The summed E-state index contributed by atoms with van der Waals surface area (Å²) in [6, 6.07) is 13.3. The van der Waals surface area contributed by atoms with Crippen LogP contribution in [0.1, 0.15) is 12.5 Å². The number of nitrogens with zero attached hydrogens (tertiary/aromatic N) is 5. The lowest BCUT2D eigenvalue weighted by molar-refractivity contribution is -0.384. The number of nitro groups is 1. The average molecular weight is 377 g/mol. The molecule has 28 heavy (non-hydrogen) atoms. The molecule has 0 atom stereocenters. The highest BCUT2D eigenvalue weighted by atomic mass is 16.6. The standard InChI is InChI=1S/C18H15N7O3/c1-12(22-23-17-15-7-2-3-8-16(15)19-11-20-17)18(26)24-21-10-13-5-4-6-14(9-13)25(27)28/h2-11H,1H3,(H,24,26)(H,19,20,23). The highest BCUT2D eigenvalue weighted by Crippen LogP contribution is 2.18. The van der Waals surface area contributed by atoms with Gasteiger partial charge in [0.05, 0.1) is 16.7 Å². The lowest BCUT2D eigenvalue weighted by Crippen LogP contribution is -2.25. The van der Waals surface area contributed by atoms with E-state index in [1.165, 1.54) is 37.7 Å². The van der Waals surface area contributed by atoms with Crippen LogP contribution in [0.2, 0.25) is 0 Å². The Hall–Kier alpha value is -4.21. The molecular formula is C18H15N7O3. The number of amides is 1. The second kappa shape index (κ2) is 8.45. The van der Waals surface area contributed by atoms with Crippen LogP contribution >= 0.6 is 0 Å². The van der Waals surface area contributed by atoms with E-state index in [9.17, 15) is 14.9 Å². The summed E-state index contributed by atoms with van der Waals surface area (Å²) < 4.78 is 0. The summed E-state index contributed by atoms with van der Waals surface area (Å²) >= 11 is 0. The molecular weight excluding hydrogens is 362 g/mol. The summed E-state index contributed by atoms with van der Waals surface area (Å²) in [5, 5.41) is 19.3. The number of carbonyl (C=O) groups excluding carboxylic acids is 1. The third-order valence-corrected chi connectivity index (χ3v) is 3.66. The zero-order chi connectivity index (χ0) is 19.9. The molecule has 1 heterocycles. The van der Waals surface area contributed by atoms with Gasteiger partial charge in [-0.1, -0.05) is 24.3 Å². The molecule has 0 fully saturated rings. The monoisotopic (exact) mass is 377 g/mol. The minimum absolute atomic E-state index is 0.0608. The van der Waals surface area contributed by atoms with Gasteiger partial charge in [-0.3, -0.25) is 20.3 Å². The minimum Gasteiger partial charge on any atom is -0.266 e. The van der Waals surface area contributed by atoms with Crippen molar-refractivity contribution in [2.45, 2.75) is 6.92 Å². The van der Waals surface area contributed by atoms with Crippen LogP contribution in [0.4, 0.5) is 11.5 Å². The van der Waals surface area contributed by atoms with Crippen LogP contribution in [-0.4, -0.2) is 32.7 Å². The van der Waals surface area contributed by atoms with Crippen LogP contribution < -0.4 is 10.9 Å². The van der Waals surface area contributed by atoms with Crippen LogP contribution in [0, 0.1) is 10.1 Å². The molecule has 0 spiro atoms. The van der Waals surface area contributed by atoms with E-state index in [4.69, 9.17) is 0 Å². The Kier molecular flexibility index (Phi) is 5.60. The number of rotatable bonds is 6. The molecule has 1 amide bonds. The number of nitro benzene ring substituents is 1. The van der Waals surface area contributed by atoms with E-state index in [1.54, 1.807) is 6.07 Å². The minimum atomic E-state index is -0.535. The summed E-state index contributed by atoms with van der Waals surface area (Å²) in [6.07, 6.45) is 2.71. The Labute approximate surface area is 159 Å². The molecule has 0 aliphatic rings. The van der Waals surface area contributed by atoms with Gasteiger partial charge in [0, 0.05) is 23.1 Å². The number of hydrazone groups is 2. The maximum absolute atomic E-state index is 12.1. The van der Waals surface area contributed by atoms with Gasteiger partial charge in [-0.15, -0.1) is 0 Å².